The van der Waals surface area contributed by atoms with E-state index in [4.69, 9.17) is 5.11 Å². The maximum atomic E-state index is 13.5. The molecule has 2 unspecified atom stereocenters. The predicted molar refractivity (Wildman–Crippen MR) is 66.4 cm³/mol. The van der Waals surface area contributed by atoms with Gasteiger partial charge in [-0.15, -0.1) is 0 Å². The number of hydrogen-bond donors (Lipinski definition) is 4. The minimum absolute atomic E-state index is 0.0327. The number of para-hydroxylation sites is 1. The second kappa shape index (κ2) is 6.14. The molecule has 0 spiro atoms. The fraction of sp³-hybridized carbons (Fsp3) is 0.333. The Balaban J connectivity index is 2.78. The number of amides is 2. The van der Waals surface area contributed by atoms with E-state index in [0.29, 0.717) is 5.56 Å². The van der Waals surface area contributed by atoms with E-state index in [-0.39, 0.29) is 5.69 Å². The number of hydrogen-bond acceptors (Lipinski definition) is 3. The van der Waals surface area contributed by atoms with Gasteiger partial charge in [-0.2, -0.15) is 0 Å². The quantitative estimate of drug-likeness (QED) is 0.658. The summed E-state index contributed by atoms with van der Waals surface area (Å²) in [6, 6.07) is 1.89. The minimum atomic E-state index is -1.47. The van der Waals surface area contributed by atoms with Gasteiger partial charge in [-0.3, -0.25) is 0 Å². The van der Waals surface area contributed by atoms with E-state index in [0.717, 1.165) is 0 Å². The average molecular weight is 270 g/mol. The summed E-state index contributed by atoms with van der Waals surface area (Å²) in [5.41, 5.74) is 0.466. The first kappa shape index (κ1) is 14.9. The molecule has 19 heavy (non-hydrogen) atoms. The SMILES string of the molecule is Cc1cccc(F)c1NC(=O)NC(C(=O)O)C(C)O. The smallest absolute Gasteiger partial charge is 0.328 e. The van der Waals surface area contributed by atoms with Gasteiger partial charge in [0.1, 0.15) is 5.82 Å². The molecule has 1 rings (SSSR count). The Labute approximate surface area is 109 Å². The number of anilines is 1. The van der Waals surface area contributed by atoms with Crippen LogP contribution in [-0.2, 0) is 4.79 Å². The second-order valence-electron chi connectivity index (χ2n) is 4.09. The summed E-state index contributed by atoms with van der Waals surface area (Å²) < 4.78 is 13.5. The Morgan fingerprint density at radius 1 is 1.37 bits per heavy atom. The summed E-state index contributed by atoms with van der Waals surface area (Å²) >= 11 is 0. The fourth-order valence-electron chi connectivity index (χ4n) is 1.47. The Morgan fingerprint density at radius 2 is 2.00 bits per heavy atom. The highest BCUT2D eigenvalue weighted by Crippen LogP contribution is 2.18. The van der Waals surface area contributed by atoms with E-state index in [1.165, 1.54) is 19.1 Å². The van der Waals surface area contributed by atoms with Crippen LogP contribution in [-0.4, -0.2) is 34.4 Å². The standard InChI is InChI=1S/C12H15FN2O4/c1-6-4-3-5-8(13)9(6)14-12(19)15-10(7(2)16)11(17)18/h3-5,7,10,16H,1-2H3,(H,17,18)(H2,14,15,19). The van der Waals surface area contributed by atoms with Crippen LogP contribution < -0.4 is 10.6 Å². The van der Waals surface area contributed by atoms with Crippen molar-refractivity contribution in [3.63, 3.8) is 0 Å². The van der Waals surface area contributed by atoms with Crippen LogP contribution in [0.5, 0.6) is 0 Å². The molecule has 0 aliphatic rings. The summed E-state index contributed by atoms with van der Waals surface area (Å²) in [4.78, 5) is 22.4. The van der Waals surface area contributed by atoms with Crippen molar-refractivity contribution >= 4 is 17.7 Å². The first-order chi connectivity index (χ1) is 8.82. The number of aliphatic hydroxyl groups is 1. The van der Waals surface area contributed by atoms with Crippen molar-refractivity contribution in [2.24, 2.45) is 0 Å². The first-order valence-corrected chi connectivity index (χ1v) is 5.56. The number of nitrogens with one attached hydrogen (secondary N) is 2. The van der Waals surface area contributed by atoms with Crippen molar-refractivity contribution in [1.29, 1.82) is 0 Å². The minimum Gasteiger partial charge on any atom is -0.480 e. The third-order valence-electron chi connectivity index (χ3n) is 2.50. The Morgan fingerprint density at radius 3 is 2.47 bits per heavy atom. The third kappa shape index (κ3) is 3.92. The summed E-state index contributed by atoms with van der Waals surface area (Å²) in [6.45, 7) is 2.83. The lowest BCUT2D eigenvalue weighted by Crippen LogP contribution is -2.49. The number of carbonyl (C=O) groups is 2. The molecule has 0 aliphatic carbocycles. The molecule has 4 N–H and O–H groups in total. The Bertz CT molecular complexity index is 470. The van der Waals surface area contributed by atoms with Crippen LogP contribution in [0.2, 0.25) is 0 Å². The topological polar surface area (TPSA) is 98.7 Å². The number of carboxylic acids is 1. The molecule has 104 valence electrons. The number of halogens is 1. The van der Waals surface area contributed by atoms with Crippen molar-refractivity contribution in [2.45, 2.75) is 26.0 Å². The number of aliphatic carboxylic acids is 1. The van der Waals surface area contributed by atoms with Crippen LogP contribution in [0.1, 0.15) is 12.5 Å². The molecule has 2 atom stereocenters. The van der Waals surface area contributed by atoms with Crippen molar-refractivity contribution in [1.82, 2.24) is 5.32 Å². The van der Waals surface area contributed by atoms with Gasteiger partial charge >= 0.3 is 12.0 Å². The maximum absolute atomic E-state index is 13.5. The highest BCUT2D eigenvalue weighted by Gasteiger charge is 2.25. The Kier molecular flexibility index (Phi) is 4.82. The predicted octanol–water partition coefficient (Wildman–Crippen LogP) is 1.09. The molecule has 0 saturated heterocycles. The number of carbonyl (C=O) groups excluding carboxylic acids is 1. The van der Waals surface area contributed by atoms with Crippen LogP contribution in [0.4, 0.5) is 14.9 Å². The molecule has 1 aromatic carbocycles. The van der Waals surface area contributed by atoms with Gasteiger partial charge in [0.25, 0.3) is 0 Å². The number of aryl methyl sites for hydroxylation is 1. The highest BCUT2D eigenvalue weighted by molar-refractivity contribution is 5.93. The summed E-state index contributed by atoms with van der Waals surface area (Å²) in [5.74, 6) is -2.01. The monoisotopic (exact) mass is 270 g/mol. The number of urea groups is 1. The molecule has 7 heteroatoms. The van der Waals surface area contributed by atoms with E-state index >= 15 is 0 Å². The molecule has 0 fully saturated rings. The van der Waals surface area contributed by atoms with Crippen LogP contribution in [0.25, 0.3) is 0 Å². The van der Waals surface area contributed by atoms with Gasteiger partial charge in [0.2, 0.25) is 0 Å². The van der Waals surface area contributed by atoms with Crippen molar-refractivity contribution in [2.75, 3.05) is 5.32 Å². The van der Waals surface area contributed by atoms with Gasteiger partial charge < -0.3 is 20.8 Å². The molecule has 0 bridgehead atoms. The van der Waals surface area contributed by atoms with Gasteiger partial charge in [0.05, 0.1) is 11.8 Å². The van der Waals surface area contributed by atoms with E-state index in [9.17, 15) is 19.1 Å². The second-order valence-corrected chi connectivity index (χ2v) is 4.09. The molecular formula is C12H15FN2O4. The molecule has 0 saturated carbocycles. The number of rotatable bonds is 4. The van der Waals surface area contributed by atoms with Gasteiger partial charge in [-0.25, -0.2) is 14.0 Å². The van der Waals surface area contributed by atoms with Crippen LogP contribution >= 0.6 is 0 Å². The zero-order valence-electron chi connectivity index (χ0n) is 10.5. The molecule has 0 heterocycles. The first-order valence-electron chi connectivity index (χ1n) is 5.56. The van der Waals surface area contributed by atoms with Crippen molar-refractivity contribution in [3.05, 3.63) is 29.6 Å². The number of carboxylic acid groups (broad SMARTS) is 1. The molecule has 1 aromatic rings. The summed E-state index contributed by atoms with van der Waals surface area (Å²) in [5, 5.41) is 22.3. The van der Waals surface area contributed by atoms with Crippen molar-refractivity contribution < 1.29 is 24.2 Å². The van der Waals surface area contributed by atoms with Gasteiger partial charge in [0.15, 0.2) is 6.04 Å². The Hall–Kier alpha value is -2.15. The molecular weight excluding hydrogens is 255 g/mol. The lowest BCUT2D eigenvalue weighted by atomic mass is 10.2. The summed E-state index contributed by atoms with van der Waals surface area (Å²) in [7, 11) is 0. The fourth-order valence-corrected chi connectivity index (χ4v) is 1.47. The zero-order valence-corrected chi connectivity index (χ0v) is 10.5. The largest absolute Gasteiger partial charge is 0.480 e. The molecule has 0 radical (unpaired) electrons. The van der Waals surface area contributed by atoms with Crippen LogP contribution in [0.3, 0.4) is 0 Å². The van der Waals surface area contributed by atoms with Gasteiger partial charge in [-0.1, -0.05) is 12.1 Å². The average Bonchev–Trinajstić information content (AvgIpc) is 2.30. The number of benzene rings is 1. The van der Waals surface area contributed by atoms with E-state index in [1.807, 2.05) is 0 Å². The molecule has 0 aromatic heterocycles. The normalized spacial score (nSPS) is 13.5. The van der Waals surface area contributed by atoms with E-state index < -0.39 is 30.0 Å². The summed E-state index contributed by atoms with van der Waals surface area (Å²) in [6.07, 6.45) is -1.27. The lowest BCUT2D eigenvalue weighted by Gasteiger charge is -2.18. The zero-order chi connectivity index (χ0) is 14.6. The van der Waals surface area contributed by atoms with Gasteiger partial charge in [-0.05, 0) is 25.5 Å². The number of aliphatic hydroxyl groups excluding tert-OH is 1. The van der Waals surface area contributed by atoms with Crippen LogP contribution in [0, 0.1) is 12.7 Å². The lowest BCUT2D eigenvalue weighted by molar-refractivity contribution is -0.141. The highest BCUT2D eigenvalue weighted by atomic mass is 19.1. The van der Waals surface area contributed by atoms with Gasteiger partial charge in [0, 0.05) is 0 Å². The molecule has 2 amide bonds. The van der Waals surface area contributed by atoms with Crippen molar-refractivity contribution in [3.8, 4) is 0 Å². The van der Waals surface area contributed by atoms with E-state index in [2.05, 4.69) is 10.6 Å². The maximum Gasteiger partial charge on any atom is 0.328 e. The molecule has 0 aliphatic heterocycles. The van der Waals surface area contributed by atoms with Crippen LogP contribution in [0.15, 0.2) is 18.2 Å². The van der Waals surface area contributed by atoms with E-state index in [1.54, 1.807) is 13.0 Å². The third-order valence-corrected chi connectivity index (χ3v) is 2.50. The molecule has 6 nitrogen and oxygen atoms in total.